The summed E-state index contributed by atoms with van der Waals surface area (Å²) in [5.41, 5.74) is 1.55. The maximum atomic E-state index is 13.8. The number of hydrogen-bond acceptors (Lipinski definition) is 4. The Balaban J connectivity index is 1.81. The highest BCUT2D eigenvalue weighted by atomic mass is 35.5. The molecule has 3 nitrogen and oxygen atoms in total. The van der Waals surface area contributed by atoms with Crippen LogP contribution in [0.15, 0.2) is 71.5 Å². The molecule has 0 aliphatic heterocycles. The molecule has 2 heterocycles. The zero-order chi connectivity index (χ0) is 20.0. The number of anilines is 1. The van der Waals surface area contributed by atoms with Crippen molar-refractivity contribution < 1.29 is 4.39 Å². The second-order valence-electron chi connectivity index (χ2n) is 6.74. The summed E-state index contributed by atoms with van der Waals surface area (Å²) < 4.78 is 15.3. The minimum atomic E-state index is -0.431. The van der Waals surface area contributed by atoms with Crippen LogP contribution in [0.1, 0.15) is 5.56 Å². The topological polar surface area (TPSA) is 42.0 Å². The van der Waals surface area contributed by atoms with Crippen LogP contribution in [0.3, 0.4) is 0 Å². The zero-order valence-corrected chi connectivity index (χ0v) is 16.7. The number of aromatic nitrogens is 1. The minimum absolute atomic E-state index is 0.217. The maximum Gasteiger partial charge on any atom is 0.196 e. The van der Waals surface area contributed by atoms with Gasteiger partial charge >= 0.3 is 0 Å². The summed E-state index contributed by atoms with van der Waals surface area (Å²) in [5, 5.41) is 5.44. The van der Waals surface area contributed by atoms with Gasteiger partial charge in [-0.05, 0) is 42.0 Å². The van der Waals surface area contributed by atoms with E-state index in [0.29, 0.717) is 39.1 Å². The highest BCUT2D eigenvalue weighted by molar-refractivity contribution is 7.25. The Morgan fingerprint density at radius 2 is 1.83 bits per heavy atom. The number of rotatable bonds is 3. The van der Waals surface area contributed by atoms with Crippen molar-refractivity contribution in [2.24, 2.45) is 0 Å². The predicted molar refractivity (Wildman–Crippen MR) is 120 cm³/mol. The first-order valence-electron chi connectivity index (χ1n) is 9.03. The van der Waals surface area contributed by atoms with Gasteiger partial charge in [0.1, 0.15) is 11.6 Å². The summed E-state index contributed by atoms with van der Waals surface area (Å²) in [7, 11) is 0. The van der Waals surface area contributed by atoms with Crippen molar-refractivity contribution in [1.82, 2.24) is 4.98 Å². The van der Waals surface area contributed by atoms with Crippen LogP contribution >= 0.6 is 22.9 Å². The van der Waals surface area contributed by atoms with E-state index >= 15 is 0 Å². The van der Waals surface area contributed by atoms with Gasteiger partial charge in [0.15, 0.2) is 5.43 Å². The third-order valence-electron chi connectivity index (χ3n) is 4.83. The molecule has 5 aromatic rings. The number of pyridine rings is 1. The van der Waals surface area contributed by atoms with E-state index in [1.54, 1.807) is 24.3 Å². The Morgan fingerprint density at radius 1 is 1.00 bits per heavy atom. The number of hydrogen-bond donors (Lipinski definition) is 1. The lowest BCUT2D eigenvalue weighted by Gasteiger charge is -2.12. The average Bonchev–Trinajstić information content (AvgIpc) is 2.73. The molecule has 29 heavy (non-hydrogen) atoms. The van der Waals surface area contributed by atoms with Crippen molar-refractivity contribution >= 4 is 59.8 Å². The van der Waals surface area contributed by atoms with Gasteiger partial charge in [0.05, 0.1) is 15.6 Å². The Hall–Kier alpha value is -3.02. The SMILES string of the molecule is O=c1c2cc(F)ccc2sc2c(NCc3ccccc3)nc3ccc(Cl)cc3c12. The molecule has 0 fully saturated rings. The van der Waals surface area contributed by atoms with Crippen LogP contribution in [0.25, 0.3) is 31.1 Å². The first-order chi connectivity index (χ1) is 14.1. The number of nitrogens with one attached hydrogen (secondary N) is 1. The van der Waals surface area contributed by atoms with Crippen LogP contribution < -0.4 is 10.7 Å². The van der Waals surface area contributed by atoms with Gasteiger partial charge in [0.2, 0.25) is 0 Å². The molecule has 0 amide bonds. The largest absolute Gasteiger partial charge is 0.365 e. The van der Waals surface area contributed by atoms with E-state index in [1.807, 2.05) is 30.3 Å². The standard InChI is InChI=1S/C23H14ClFN2OS/c24-14-6-8-18-16(10-14)20-21(28)17-11-15(25)7-9-19(17)29-22(20)23(27-18)26-12-13-4-2-1-3-5-13/h1-11H,12H2,(H,26,27). The highest BCUT2D eigenvalue weighted by Gasteiger charge is 2.16. The molecule has 0 aliphatic rings. The second kappa shape index (κ2) is 7.10. The van der Waals surface area contributed by atoms with Gasteiger partial charge in [-0.2, -0.15) is 0 Å². The Morgan fingerprint density at radius 3 is 2.66 bits per heavy atom. The molecule has 1 N–H and O–H groups in total. The fourth-order valence-electron chi connectivity index (χ4n) is 3.46. The molecule has 0 bridgehead atoms. The van der Waals surface area contributed by atoms with Crippen LogP contribution in [0.2, 0.25) is 5.02 Å². The van der Waals surface area contributed by atoms with Crippen molar-refractivity contribution in [1.29, 1.82) is 0 Å². The number of benzene rings is 3. The van der Waals surface area contributed by atoms with Gasteiger partial charge < -0.3 is 5.32 Å². The van der Waals surface area contributed by atoms with E-state index in [0.717, 1.165) is 15.0 Å². The number of halogens is 2. The summed E-state index contributed by atoms with van der Waals surface area (Å²) in [6.07, 6.45) is 0. The summed E-state index contributed by atoms with van der Waals surface area (Å²) in [6.45, 7) is 0.574. The third kappa shape index (κ3) is 3.22. The predicted octanol–water partition coefficient (Wildman–Crippen LogP) is 6.37. The van der Waals surface area contributed by atoms with E-state index in [1.165, 1.54) is 23.5 Å². The quantitative estimate of drug-likeness (QED) is 0.272. The lowest BCUT2D eigenvalue weighted by Crippen LogP contribution is -2.07. The molecule has 0 unspecified atom stereocenters. The molecule has 0 atom stereocenters. The first kappa shape index (κ1) is 18.0. The van der Waals surface area contributed by atoms with E-state index in [4.69, 9.17) is 16.6 Å². The van der Waals surface area contributed by atoms with Crippen LogP contribution in [-0.4, -0.2) is 4.98 Å². The minimum Gasteiger partial charge on any atom is -0.365 e. The van der Waals surface area contributed by atoms with Crippen LogP contribution in [0, 0.1) is 5.82 Å². The normalized spacial score (nSPS) is 11.4. The summed E-state index contributed by atoms with van der Waals surface area (Å²) in [6, 6.07) is 19.6. The maximum absolute atomic E-state index is 13.8. The second-order valence-corrected chi connectivity index (χ2v) is 8.23. The van der Waals surface area contributed by atoms with E-state index in [9.17, 15) is 9.18 Å². The fraction of sp³-hybridized carbons (Fsp3) is 0.0435. The van der Waals surface area contributed by atoms with Gasteiger partial charge in [0, 0.05) is 27.0 Å². The molecule has 6 heteroatoms. The summed E-state index contributed by atoms with van der Waals surface area (Å²) >= 11 is 7.62. The van der Waals surface area contributed by atoms with Crippen molar-refractivity contribution in [2.45, 2.75) is 6.54 Å². The molecule has 0 saturated carbocycles. The Bertz CT molecular complexity index is 1450. The van der Waals surface area contributed by atoms with E-state index in [2.05, 4.69) is 5.32 Å². The van der Waals surface area contributed by atoms with Crippen molar-refractivity contribution in [3.8, 4) is 0 Å². The monoisotopic (exact) mass is 420 g/mol. The molecule has 0 spiro atoms. The molecule has 142 valence electrons. The lowest BCUT2D eigenvalue weighted by molar-refractivity contribution is 0.630. The van der Waals surface area contributed by atoms with Crippen molar-refractivity contribution in [3.05, 3.63) is 93.4 Å². The molecule has 3 aromatic carbocycles. The van der Waals surface area contributed by atoms with Gasteiger partial charge in [-0.3, -0.25) is 4.79 Å². The van der Waals surface area contributed by atoms with Gasteiger partial charge in [0.25, 0.3) is 0 Å². The molecular formula is C23H14ClFN2OS. The highest BCUT2D eigenvalue weighted by Crippen LogP contribution is 2.35. The Labute approximate surface area is 174 Å². The number of fused-ring (bicyclic) bond motifs is 4. The average molecular weight is 421 g/mol. The smallest absolute Gasteiger partial charge is 0.196 e. The summed E-state index contributed by atoms with van der Waals surface area (Å²) in [5.74, 6) is 0.201. The molecule has 0 aliphatic carbocycles. The van der Waals surface area contributed by atoms with Crippen LogP contribution in [0.5, 0.6) is 0 Å². The number of nitrogens with zero attached hydrogens (tertiary/aromatic N) is 1. The molecule has 0 saturated heterocycles. The lowest BCUT2D eigenvalue weighted by atomic mass is 10.1. The van der Waals surface area contributed by atoms with Gasteiger partial charge in [-0.1, -0.05) is 41.9 Å². The molecule has 0 radical (unpaired) electrons. The van der Waals surface area contributed by atoms with E-state index in [-0.39, 0.29) is 5.43 Å². The van der Waals surface area contributed by atoms with Gasteiger partial charge in [-0.15, -0.1) is 11.3 Å². The molecule has 5 rings (SSSR count). The Kier molecular flexibility index (Phi) is 4.42. The summed E-state index contributed by atoms with van der Waals surface area (Å²) in [4.78, 5) is 18.1. The first-order valence-corrected chi connectivity index (χ1v) is 10.2. The van der Waals surface area contributed by atoms with Crippen LogP contribution in [0.4, 0.5) is 10.2 Å². The zero-order valence-electron chi connectivity index (χ0n) is 15.1. The fourth-order valence-corrected chi connectivity index (χ4v) is 4.77. The van der Waals surface area contributed by atoms with E-state index < -0.39 is 5.82 Å². The van der Waals surface area contributed by atoms with Crippen molar-refractivity contribution in [3.63, 3.8) is 0 Å². The van der Waals surface area contributed by atoms with Crippen molar-refractivity contribution in [2.75, 3.05) is 5.32 Å². The van der Waals surface area contributed by atoms with Crippen LogP contribution in [-0.2, 0) is 6.54 Å². The molecular weight excluding hydrogens is 407 g/mol. The van der Waals surface area contributed by atoms with Gasteiger partial charge in [-0.25, -0.2) is 9.37 Å². The third-order valence-corrected chi connectivity index (χ3v) is 6.24. The molecule has 2 aromatic heterocycles.